The molecule has 0 bridgehead atoms. The fraction of sp³-hybridized carbons (Fsp3) is 0.560. The number of carbonyl (C=O) groups excluding carboxylic acids is 3. The summed E-state index contributed by atoms with van der Waals surface area (Å²) in [5.74, 6) is -0.644. The van der Waals surface area contributed by atoms with Crippen LogP contribution in [0, 0.1) is 0 Å². The van der Waals surface area contributed by atoms with Gasteiger partial charge in [-0.2, -0.15) is 0 Å². The number of hydrogen-bond acceptors (Lipinski definition) is 8. The predicted octanol–water partition coefficient (Wildman–Crippen LogP) is 0.548. The van der Waals surface area contributed by atoms with Crippen molar-refractivity contribution in [2.45, 2.75) is 56.5 Å². The average molecular weight is 489 g/mol. The van der Waals surface area contributed by atoms with E-state index in [1.807, 2.05) is 0 Å². The summed E-state index contributed by atoms with van der Waals surface area (Å²) in [6, 6.07) is 2.33. The van der Waals surface area contributed by atoms with Crippen molar-refractivity contribution in [2.24, 2.45) is 0 Å². The van der Waals surface area contributed by atoms with Gasteiger partial charge in [0.25, 0.3) is 0 Å². The molecule has 0 saturated carbocycles. The highest BCUT2D eigenvalue weighted by Crippen LogP contribution is 2.51. The number of rotatable bonds is 9. The molecule has 10 heteroatoms. The van der Waals surface area contributed by atoms with Gasteiger partial charge in [0.1, 0.15) is 18.5 Å². The molecule has 1 fully saturated rings. The zero-order chi connectivity index (χ0) is 25.1. The molecule has 4 rings (SSSR count). The smallest absolute Gasteiger partial charge is 0.247 e. The maximum Gasteiger partial charge on any atom is 0.247 e. The van der Waals surface area contributed by atoms with E-state index < -0.39 is 30.1 Å². The zero-order valence-electron chi connectivity index (χ0n) is 19.9. The Balaban J connectivity index is 1.78. The van der Waals surface area contributed by atoms with Gasteiger partial charge < -0.3 is 34.6 Å². The normalized spacial score (nSPS) is 26.7. The largest absolute Gasteiger partial charge is 0.493 e. The third-order valence-corrected chi connectivity index (χ3v) is 6.82. The van der Waals surface area contributed by atoms with Crippen molar-refractivity contribution in [1.82, 2.24) is 10.2 Å². The maximum absolute atomic E-state index is 13.2. The number of aliphatic hydroxyl groups excluding tert-OH is 2. The first kappa shape index (κ1) is 25.2. The van der Waals surface area contributed by atoms with Gasteiger partial charge in [0.15, 0.2) is 11.5 Å². The number of benzene rings is 1. The van der Waals surface area contributed by atoms with Crippen molar-refractivity contribution >= 4 is 18.1 Å². The van der Waals surface area contributed by atoms with E-state index in [1.165, 1.54) is 13.2 Å². The maximum atomic E-state index is 13.2. The van der Waals surface area contributed by atoms with E-state index in [0.717, 1.165) is 12.8 Å². The fourth-order valence-electron chi connectivity index (χ4n) is 5.16. The van der Waals surface area contributed by atoms with Crippen LogP contribution in [0.1, 0.15) is 48.0 Å². The molecule has 5 atom stereocenters. The van der Waals surface area contributed by atoms with Crippen LogP contribution in [0.25, 0.3) is 0 Å². The second-order valence-corrected chi connectivity index (χ2v) is 8.94. The van der Waals surface area contributed by atoms with E-state index in [-0.39, 0.29) is 31.6 Å². The molecular formula is C25H32N2O8. The summed E-state index contributed by atoms with van der Waals surface area (Å²) in [6.45, 7) is 2.46. The minimum absolute atomic E-state index is 0.0414. The third kappa shape index (κ3) is 4.78. The van der Waals surface area contributed by atoms with Gasteiger partial charge in [0, 0.05) is 42.8 Å². The van der Waals surface area contributed by atoms with Crippen LogP contribution in [0.15, 0.2) is 23.8 Å². The Morgan fingerprint density at radius 2 is 2.14 bits per heavy atom. The van der Waals surface area contributed by atoms with Gasteiger partial charge in [-0.25, -0.2) is 0 Å². The Labute approximate surface area is 203 Å². The lowest BCUT2D eigenvalue weighted by molar-refractivity contribution is -0.139. The van der Waals surface area contributed by atoms with E-state index in [9.17, 15) is 24.6 Å². The molecule has 0 aromatic heterocycles. The molecule has 190 valence electrons. The number of carbonyl (C=O) groups is 3. The first-order valence-electron chi connectivity index (χ1n) is 12.0. The minimum atomic E-state index is -1.15. The molecule has 1 aromatic carbocycles. The third-order valence-electron chi connectivity index (χ3n) is 6.82. The quantitative estimate of drug-likeness (QED) is 0.429. The molecule has 10 nitrogen and oxygen atoms in total. The molecule has 3 aliphatic rings. The fourth-order valence-corrected chi connectivity index (χ4v) is 5.16. The molecule has 3 N–H and O–H groups in total. The van der Waals surface area contributed by atoms with E-state index in [2.05, 4.69) is 5.32 Å². The number of aliphatic hydroxyl groups is 2. The molecule has 1 aliphatic carbocycles. The van der Waals surface area contributed by atoms with E-state index in [4.69, 9.17) is 14.2 Å². The molecule has 1 aromatic rings. The lowest BCUT2D eigenvalue weighted by Gasteiger charge is -2.41. The molecule has 0 radical (unpaired) electrons. The highest BCUT2D eigenvalue weighted by atomic mass is 16.5. The Hall–Kier alpha value is -2.95. The highest BCUT2D eigenvalue weighted by molar-refractivity contribution is 5.96. The molecule has 0 spiro atoms. The number of methoxy groups -OCH3 is 1. The van der Waals surface area contributed by atoms with E-state index in [0.29, 0.717) is 47.6 Å². The lowest BCUT2D eigenvalue weighted by atomic mass is 9.77. The summed E-state index contributed by atoms with van der Waals surface area (Å²) in [5, 5.41) is 23.4. The molecule has 2 aliphatic heterocycles. The Morgan fingerprint density at radius 1 is 1.34 bits per heavy atom. The SMILES string of the molecule is CCC(=O)N(C[C@@H]1CCCO1)[C@@H]1C=C(C(=O)NCCO)[C@@H]2c3cc(C=O)cc(OC)c3O[C@@H]2[C@H]1O. The van der Waals surface area contributed by atoms with Gasteiger partial charge in [0.05, 0.1) is 31.8 Å². The summed E-state index contributed by atoms with van der Waals surface area (Å²) in [7, 11) is 1.45. The minimum Gasteiger partial charge on any atom is -0.493 e. The van der Waals surface area contributed by atoms with Crippen molar-refractivity contribution < 1.29 is 38.8 Å². The van der Waals surface area contributed by atoms with Gasteiger partial charge in [-0.15, -0.1) is 0 Å². The molecule has 1 saturated heterocycles. The van der Waals surface area contributed by atoms with Crippen LogP contribution in [0.2, 0.25) is 0 Å². The van der Waals surface area contributed by atoms with Crippen LogP contribution in [-0.4, -0.2) is 91.0 Å². The first-order valence-corrected chi connectivity index (χ1v) is 12.0. The molecule has 2 amide bonds. The molecular weight excluding hydrogens is 456 g/mol. The summed E-state index contributed by atoms with van der Waals surface area (Å²) < 4.78 is 17.3. The lowest BCUT2D eigenvalue weighted by Crippen LogP contribution is -2.57. The molecule has 0 unspecified atom stereocenters. The van der Waals surface area contributed by atoms with Crippen molar-refractivity contribution in [3.8, 4) is 11.5 Å². The average Bonchev–Trinajstić information content (AvgIpc) is 3.53. The van der Waals surface area contributed by atoms with Crippen LogP contribution in [0.5, 0.6) is 11.5 Å². The van der Waals surface area contributed by atoms with Gasteiger partial charge in [-0.1, -0.05) is 6.92 Å². The van der Waals surface area contributed by atoms with Gasteiger partial charge in [-0.05, 0) is 31.1 Å². The van der Waals surface area contributed by atoms with Crippen LogP contribution < -0.4 is 14.8 Å². The highest BCUT2D eigenvalue weighted by Gasteiger charge is 2.51. The van der Waals surface area contributed by atoms with Gasteiger partial charge >= 0.3 is 0 Å². The topological polar surface area (TPSA) is 135 Å². The number of nitrogens with zero attached hydrogens (tertiary/aromatic N) is 1. The predicted molar refractivity (Wildman–Crippen MR) is 124 cm³/mol. The number of amides is 2. The second kappa shape index (κ2) is 10.8. The summed E-state index contributed by atoms with van der Waals surface area (Å²) >= 11 is 0. The van der Waals surface area contributed by atoms with E-state index >= 15 is 0 Å². The Morgan fingerprint density at radius 3 is 2.77 bits per heavy atom. The van der Waals surface area contributed by atoms with Crippen molar-refractivity contribution in [1.29, 1.82) is 0 Å². The van der Waals surface area contributed by atoms with Crippen LogP contribution in [-0.2, 0) is 14.3 Å². The number of aldehydes is 1. The van der Waals surface area contributed by atoms with Gasteiger partial charge in [0.2, 0.25) is 11.8 Å². The number of nitrogens with one attached hydrogen (secondary N) is 1. The van der Waals surface area contributed by atoms with Crippen molar-refractivity contribution in [2.75, 3.05) is 33.4 Å². The van der Waals surface area contributed by atoms with Crippen molar-refractivity contribution in [3.05, 3.63) is 34.9 Å². The monoisotopic (exact) mass is 488 g/mol. The van der Waals surface area contributed by atoms with Crippen LogP contribution in [0.3, 0.4) is 0 Å². The van der Waals surface area contributed by atoms with E-state index in [1.54, 1.807) is 24.0 Å². The number of ether oxygens (including phenoxy) is 3. The zero-order valence-corrected chi connectivity index (χ0v) is 19.9. The number of hydrogen-bond donors (Lipinski definition) is 3. The Kier molecular flexibility index (Phi) is 7.73. The van der Waals surface area contributed by atoms with Crippen molar-refractivity contribution in [3.63, 3.8) is 0 Å². The summed E-state index contributed by atoms with van der Waals surface area (Å²) in [6.07, 6.45) is 2.04. The molecule has 35 heavy (non-hydrogen) atoms. The summed E-state index contributed by atoms with van der Waals surface area (Å²) in [5.41, 5.74) is 1.19. The second-order valence-electron chi connectivity index (χ2n) is 8.94. The van der Waals surface area contributed by atoms with Gasteiger partial charge in [-0.3, -0.25) is 14.4 Å². The standard InChI is InChI=1S/C25H32N2O8/c1-3-20(30)27(12-15-5-4-8-34-15)18-11-17(25(32)26-6-7-28)21-16-9-14(13-29)10-19(33-2)23(16)35-24(21)22(18)31/h9-11,13,15,18,21-22,24,28,31H,3-8,12H2,1-2H3,(H,26,32)/t15-,18+,21-,22-,24-/m0/s1. The Bertz CT molecular complexity index is 1000. The van der Waals surface area contributed by atoms with Crippen LogP contribution in [0.4, 0.5) is 0 Å². The number of fused-ring (bicyclic) bond motifs is 3. The summed E-state index contributed by atoms with van der Waals surface area (Å²) in [4.78, 5) is 39.3. The van der Waals surface area contributed by atoms with Crippen LogP contribution >= 0.6 is 0 Å². The molecule has 2 heterocycles. The first-order chi connectivity index (χ1) is 16.9.